The Hall–Kier alpha value is -1.29. The summed E-state index contributed by atoms with van der Waals surface area (Å²) in [5.74, 6) is 0.670. The number of benzene rings is 1. The Labute approximate surface area is 124 Å². The lowest BCUT2D eigenvalue weighted by atomic mass is 9.68. The average molecular weight is 269 g/mol. The molecule has 0 spiro atoms. The molecule has 0 saturated heterocycles. The lowest BCUT2D eigenvalue weighted by molar-refractivity contribution is 0.228. The first-order valence-electron chi connectivity index (χ1n) is 8.23. The molecule has 2 rings (SSSR count). The molecule has 0 unspecified atom stereocenters. The van der Waals surface area contributed by atoms with Crippen LogP contribution < -0.4 is 0 Å². The van der Waals surface area contributed by atoms with Crippen molar-refractivity contribution >= 4 is 0 Å². The van der Waals surface area contributed by atoms with Crippen LogP contribution >= 0.6 is 0 Å². The Morgan fingerprint density at radius 3 is 2.25 bits per heavy atom. The molecule has 0 radical (unpaired) electrons. The van der Waals surface area contributed by atoms with Crippen molar-refractivity contribution in [2.75, 3.05) is 0 Å². The van der Waals surface area contributed by atoms with Gasteiger partial charge in [-0.05, 0) is 55.6 Å². The fourth-order valence-corrected chi connectivity index (χ4v) is 3.65. The summed E-state index contributed by atoms with van der Waals surface area (Å²) in [7, 11) is 0. The van der Waals surface area contributed by atoms with E-state index >= 15 is 0 Å². The first-order chi connectivity index (χ1) is 9.73. The van der Waals surface area contributed by atoms with E-state index in [0.29, 0.717) is 5.92 Å². The highest BCUT2D eigenvalue weighted by Crippen LogP contribution is 2.45. The highest BCUT2D eigenvalue weighted by atomic mass is 14.4. The maximum absolute atomic E-state index is 9.47. The number of rotatable bonds is 5. The molecule has 0 N–H and O–H groups in total. The number of hydrogen-bond donors (Lipinski definition) is 0. The number of hydrogen-bond acceptors (Lipinski definition) is 1. The summed E-state index contributed by atoms with van der Waals surface area (Å²) in [5.41, 5.74) is 2.91. The molecule has 0 aliphatic heterocycles. The van der Waals surface area contributed by atoms with Gasteiger partial charge in [0.2, 0.25) is 0 Å². The van der Waals surface area contributed by atoms with Crippen molar-refractivity contribution in [3.63, 3.8) is 0 Å². The Morgan fingerprint density at radius 2 is 1.75 bits per heavy atom. The van der Waals surface area contributed by atoms with Gasteiger partial charge < -0.3 is 0 Å². The van der Waals surface area contributed by atoms with Crippen LogP contribution in [0.25, 0.3) is 0 Å². The Kier molecular flexibility index (Phi) is 5.24. The quantitative estimate of drug-likeness (QED) is 0.682. The van der Waals surface area contributed by atoms with Crippen LogP contribution in [-0.4, -0.2) is 0 Å². The van der Waals surface area contributed by atoms with Crippen LogP contribution in [0.4, 0.5) is 0 Å². The molecule has 1 aliphatic carbocycles. The van der Waals surface area contributed by atoms with Crippen molar-refractivity contribution < 1.29 is 0 Å². The predicted octanol–water partition coefficient (Wildman–Crippen LogP) is 5.61. The molecule has 108 valence electrons. The normalized spacial score (nSPS) is 26.1. The zero-order chi connectivity index (χ0) is 14.4. The molecule has 1 heteroatoms. The number of aryl methyl sites for hydroxylation is 1. The Morgan fingerprint density at radius 1 is 1.10 bits per heavy atom. The van der Waals surface area contributed by atoms with E-state index in [1.165, 1.54) is 36.8 Å². The summed E-state index contributed by atoms with van der Waals surface area (Å²) in [6.07, 6.45) is 9.12. The predicted molar refractivity (Wildman–Crippen MR) is 84.6 cm³/mol. The van der Waals surface area contributed by atoms with Gasteiger partial charge in [0.15, 0.2) is 0 Å². The molecule has 1 aliphatic rings. The van der Waals surface area contributed by atoms with Crippen molar-refractivity contribution in [3.8, 4) is 6.07 Å². The van der Waals surface area contributed by atoms with Gasteiger partial charge in [0.05, 0.1) is 11.5 Å². The van der Waals surface area contributed by atoms with Crippen molar-refractivity contribution in [1.29, 1.82) is 5.26 Å². The van der Waals surface area contributed by atoms with Crippen molar-refractivity contribution in [3.05, 3.63) is 35.4 Å². The summed E-state index contributed by atoms with van der Waals surface area (Å²) < 4.78 is 0. The molecule has 0 atom stereocenters. The third kappa shape index (κ3) is 3.42. The minimum Gasteiger partial charge on any atom is -0.198 e. The smallest absolute Gasteiger partial charge is 0.0689 e. The minimum atomic E-state index is -0.0204. The Bertz CT molecular complexity index is 444. The zero-order valence-electron chi connectivity index (χ0n) is 13.0. The monoisotopic (exact) mass is 269 g/mol. The summed E-state index contributed by atoms with van der Waals surface area (Å²) in [6, 6.07) is 11.8. The van der Waals surface area contributed by atoms with E-state index in [0.717, 1.165) is 25.7 Å². The standard InChI is InChI=1S/C19H27N/c1-3-5-16-6-8-17(9-7-16)18-10-13-19(15-20,12-4-2)14-11-18/h6-9,18H,3-5,10-14H2,1-2H3. The van der Waals surface area contributed by atoms with Crippen LogP contribution in [0.3, 0.4) is 0 Å². The second kappa shape index (κ2) is 6.93. The zero-order valence-corrected chi connectivity index (χ0v) is 13.0. The van der Waals surface area contributed by atoms with Crippen molar-refractivity contribution in [2.24, 2.45) is 5.41 Å². The lowest BCUT2D eigenvalue weighted by Crippen LogP contribution is -2.25. The molecule has 0 bridgehead atoms. The largest absolute Gasteiger partial charge is 0.198 e. The van der Waals surface area contributed by atoms with Crippen molar-refractivity contribution in [1.82, 2.24) is 0 Å². The second-order valence-corrected chi connectivity index (χ2v) is 6.41. The van der Waals surface area contributed by atoms with Gasteiger partial charge in [-0.15, -0.1) is 0 Å². The molecule has 1 nitrogen and oxygen atoms in total. The molecule has 1 aromatic rings. The maximum atomic E-state index is 9.47. The molecule has 0 aromatic heterocycles. The lowest BCUT2D eigenvalue weighted by Gasteiger charge is -2.35. The molecular weight excluding hydrogens is 242 g/mol. The van der Waals surface area contributed by atoms with E-state index in [1.54, 1.807) is 0 Å². The van der Waals surface area contributed by atoms with E-state index in [2.05, 4.69) is 44.2 Å². The van der Waals surface area contributed by atoms with E-state index in [9.17, 15) is 5.26 Å². The summed E-state index contributed by atoms with van der Waals surface area (Å²) in [6.45, 7) is 4.42. The molecule has 1 aromatic carbocycles. The summed E-state index contributed by atoms with van der Waals surface area (Å²) in [5, 5.41) is 9.47. The molecule has 1 fully saturated rings. The molecular formula is C19H27N. The van der Waals surface area contributed by atoms with Crippen LogP contribution in [0.2, 0.25) is 0 Å². The van der Waals surface area contributed by atoms with Crippen LogP contribution in [0.5, 0.6) is 0 Å². The summed E-state index contributed by atoms with van der Waals surface area (Å²) in [4.78, 5) is 0. The summed E-state index contributed by atoms with van der Waals surface area (Å²) >= 11 is 0. The highest BCUT2D eigenvalue weighted by molar-refractivity contribution is 5.26. The molecule has 1 saturated carbocycles. The fourth-order valence-electron chi connectivity index (χ4n) is 3.65. The minimum absolute atomic E-state index is 0.0204. The van der Waals surface area contributed by atoms with Crippen LogP contribution in [0.1, 0.15) is 75.8 Å². The number of nitriles is 1. The van der Waals surface area contributed by atoms with Gasteiger partial charge in [-0.25, -0.2) is 0 Å². The maximum Gasteiger partial charge on any atom is 0.0689 e. The highest BCUT2D eigenvalue weighted by Gasteiger charge is 2.34. The van der Waals surface area contributed by atoms with Crippen molar-refractivity contribution in [2.45, 2.75) is 71.1 Å². The SMILES string of the molecule is CCCc1ccc(C2CCC(C#N)(CCC)CC2)cc1. The average Bonchev–Trinajstić information content (AvgIpc) is 2.50. The van der Waals surface area contributed by atoms with Gasteiger partial charge in [-0.3, -0.25) is 0 Å². The van der Waals surface area contributed by atoms with E-state index in [-0.39, 0.29) is 5.41 Å². The van der Waals surface area contributed by atoms with Crippen LogP contribution in [0.15, 0.2) is 24.3 Å². The van der Waals surface area contributed by atoms with E-state index in [4.69, 9.17) is 0 Å². The van der Waals surface area contributed by atoms with Gasteiger partial charge in [0.1, 0.15) is 0 Å². The fraction of sp³-hybridized carbons (Fsp3) is 0.632. The van der Waals surface area contributed by atoms with Crippen LogP contribution in [-0.2, 0) is 6.42 Å². The number of nitrogens with zero attached hydrogens (tertiary/aromatic N) is 1. The third-order valence-electron chi connectivity index (χ3n) is 4.90. The first-order valence-corrected chi connectivity index (χ1v) is 8.23. The van der Waals surface area contributed by atoms with Gasteiger partial charge in [0.25, 0.3) is 0 Å². The third-order valence-corrected chi connectivity index (χ3v) is 4.90. The molecule has 0 heterocycles. The van der Waals surface area contributed by atoms with E-state index < -0.39 is 0 Å². The first kappa shape index (κ1) is 15.1. The molecule has 20 heavy (non-hydrogen) atoms. The molecule has 0 amide bonds. The van der Waals surface area contributed by atoms with Crippen LogP contribution in [0, 0.1) is 16.7 Å². The Balaban J connectivity index is 1.98. The van der Waals surface area contributed by atoms with Gasteiger partial charge in [0, 0.05) is 0 Å². The van der Waals surface area contributed by atoms with Gasteiger partial charge in [-0.2, -0.15) is 5.26 Å². The second-order valence-electron chi connectivity index (χ2n) is 6.41. The topological polar surface area (TPSA) is 23.8 Å². The van der Waals surface area contributed by atoms with E-state index in [1.807, 2.05) is 0 Å². The van der Waals surface area contributed by atoms with Gasteiger partial charge >= 0.3 is 0 Å². The van der Waals surface area contributed by atoms with Gasteiger partial charge in [-0.1, -0.05) is 51.0 Å².